The number of ether oxygens (including phenoxy) is 1. The lowest BCUT2D eigenvalue weighted by atomic mass is 10.2. The Morgan fingerprint density at radius 3 is 2.36 bits per heavy atom. The van der Waals surface area contributed by atoms with Gasteiger partial charge in [-0.1, -0.05) is 17.7 Å². The van der Waals surface area contributed by atoms with E-state index in [4.69, 9.17) is 4.74 Å². The molecule has 1 aromatic carbocycles. The molecule has 0 amide bonds. The van der Waals surface area contributed by atoms with Crippen LogP contribution in [0.3, 0.4) is 0 Å². The Morgan fingerprint density at radius 1 is 1.18 bits per heavy atom. The SMILES string of the molecule is CCN(CC)c1ncnc(Oc2ccc(C)cc2)c1[N+](=O)[O-]. The molecular formula is C15H18N4O3. The van der Waals surface area contributed by atoms with Gasteiger partial charge in [0.05, 0.1) is 4.92 Å². The number of hydrogen-bond donors (Lipinski definition) is 0. The van der Waals surface area contributed by atoms with Gasteiger partial charge in [-0.3, -0.25) is 10.1 Å². The number of nitro groups is 1. The van der Waals surface area contributed by atoms with E-state index < -0.39 is 4.92 Å². The molecule has 1 heterocycles. The Morgan fingerprint density at radius 2 is 1.82 bits per heavy atom. The number of rotatable bonds is 6. The zero-order valence-electron chi connectivity index (χ0n) is 12.8. The zero-order chi connectivity index (χ0) is 16.1. The highest BCUT2D eigenvalue weighted by molar-refractivity contribution is 5.63. The number of nitrogens with zero attached hydrogens (tertiary/aromatic N) is 4. The van der Waals surface area contributed by atoms with Crippen molar-refractivity contribution in [2.75, 3.05) is 18.0 Å². The first-order chi connectivity index (χ1) is 10.6. The van der Waals surface area contributed by atoms with Crippen molar-refractivity contribution in [3.8, 4) is 11.6 Å². The molecule has 7 heteroatoms. The largest absolute Gasteiger partial charge is 0.434 e. The second kappa shape index (κ2) is 6.84. The van der Waals surface area contributed by atoms with Gasteiger partial charge in [0.15, 0.2) is 0 Å². The van der Waals surface area contributed by atoms with E-state index in [1.807, 2.05) is 32.9 Å². The molecule has 0 spiro atoms. The predicted octanol–water partition coefficient (Wildman–Crippen LogP) is 3.33. The minimum atomic E-state index is -0.503. The van der Waals surface area contributed by atoms with Crippen molar-refractivity contribution >= 4 is 11.5 Å². The Bertz CT molecular complexity index is 654. The number of aryl methyl sites for hydroxylation is 1. The fourth-order valence-corrected chi connectivity index (χ4v) is 2.06. The molecule has 1 aromatic heterocycles. The van der Waals surface area contributed by atoms with Crippen molar-refractivity contribution < 1.29 is 9.66 Å². The summed E-state index contributed by atoms with van der Waals surface area (Å²) in [4.78, 5) is 20.7. The molecule has 0 saturated heterocycles. The summed E-state index contributed by atoms with van der Waals surface area (Å²) in [6, 6.07) is 7.23. The van der Waals surface area contributed by atoms with Crippen LogP contribution in [0.25, 0.3) is 0 Å². The number of benzene rings is 1. The molecular weight excluding hydrogens is 284 g/mol. The molecule has 2 aromatic rings. The molecule has 7 nitrogen and oxygen atoms in total. The average molecular weight is 302 g/mol. The molecule has 2 rings (SSSR count). The van der Waals surface area contributed by atoms with Crippen LogP contribution in [0.4, 0.5) is 11.5 Å². The van der Waals surface area contributed by atoms with Gasteiger partial charge in [0.1, 0.15) is 12.1 Å². The second-order valence-corrected chi connectivity index (χ2v) is 4.70. The summed E-state index contributed by atoms with van der Waals surface area (Å²) in [5.41, 5.74) is 0.861. The standard InChI is InChI=1S/C15H18N4O3/c1-4-18(5-2)14-13(19(20)21)15(17-10-16-14)22-12-8-6-11(3)7-9-12/h6-10H,4-5H2,1-3H3. The summed E-state index contributed by atoms with van der Waals surface area (Å²) in [6.07, 6.45) is 1.28. The van der Waals surface area contributed by atoms with E-state index in [0.717, 1.165) is 5.56 Å². The zero-order valence-corrected chi connectivity index (χ0v) is 12.8. The van der Waals surface area contributed by atoms with Crippen molar-refractivity contribution in [3.63, 3.8) is 0 Å². The van der Waals surface area contributed by atoms with Gasteiger partial charge in [-0.25, -0.2) is 4.98 Å². The molecule has 22 heavy (non-hydrogen) atoms. The maximum atomic E-state index is 11.4. The Balaban J connectivity index is 2.44. The summed E-state index contributed by atoms with van der Waals surface area (Å²) < 4.78 is 5.59. The molecule has 0 aliphatic rings. The molecule has 116 valence electrons. The second-order valence-electron chi connectivity index (χ2n) is 4.70. The van der Waals surface area contributed by atoms with Crippen LogP contribution in [0.1, 0.15) is 19.4 Å². The lowest BCUT2D eigenvalue weighted by Gasteiger charge is -2.19. The third-order valence-electron chi connectivity index (χ3n) is 3.25. The van der Waals surface area contributed by atoms with Gasteiger partial charge in [-0.2, -0.15) is 4.98 Å². The van der Waals surface area contributed by atoms with E-state index in [-0.39, 0.29) is 17.4 Å². The van der Waals surface area contributed by atoms with Gasteiger partial charge < -0.3 is 9.64 Å². The third-order valence-corrected chi connectivity index (χ3v) is 3.25. The smallest absolute Gasteiger partial charge is 0.373 e. The van der Waals surface area contributed by atoms with Gasteiger partial charge >= 0.3 is 11.6 Å². The topological polar surface area (TPSA) is 81.4 Å². The molecule has 0 atom stereocenters. The van der Waals surface area contributed by atoms with Crippen LogP contribution in [0.2, 0.25) is 0 Å². The van der Waals surface area contributed by atoms with Gasteiger partial charge in [-0.15, -0.1) is 0 Å². The lowest BCUT2D eigenvalue weighted by molar-refractivity contribution is -0.385. The van der Waals surface area contributed by atoms with Gasteiger partial charge in [-0.05, 0) is 32.9 Å². The minimum absolute atomic E-state index is 0.0502. The van der Waals surface area contributed by atoms with Gasteiger partial charge in [0.25, 0.3) is 0 Å². The van der Waals surface area contributed by atoms with Crippen LogP contribution in [0.5, 0.6) is 11.6 Å². The molecule has 0 aliphatic carbocycles. The first kappa shape index (κ1) is 15.7. The third kappa shape index (κ3) is 3.30. The Kier molecular flexibility index (Phi) is 4.88. The maximum Gasteiger partial charge on any atom is 0.373 e. The van der Waals surface area contributed by atoms with Crippen molar-refractivity contribution in [1.29, 1.82) is 0 Å². The van der Waals surface area contributed by atoms with E-state index in [2.05, 4.69) is 9.97 Å². The van der Waals surface area contributed by atoms with Crippen molar-refractivity contribution in [2.24, 2.45) is 0 Å². The summed E-state index contributed by atoms with van der Waals surface area (Å²) in [5.74, 6) is 0.718. The molecule has 0 N–H and O–H groups in total. The van der Waals surface area contributed by atoms with Crippen LogP contribution >= 0.6 is 0 Å². The highest BCUT2D eigenvalue weighted by Crippen LogP contribution is 2.35. The van der Waals surface area contributed by atoms with Crippen LogP contribution < -0.4 is 9.64 Å². The normalized spacial score (nSPS) is 10.3. The summed E-state index contributed by atoms with van der Waals surface area (Å²) in [5, 5.41) is 11.4. The maximum absolute atomic E-state index is 11.4. The Hall–Kier alpha value is -2.70. The lowest BCUT2D eigenvalue weighted by Crippen LogP contribution is -2.24. The molecule has 0 radical (unpaired) electrons. The molecule has 0 aliphatic heterocycles. The average Bonchev–Trinajstić information content (AvgIpc) is 2.51. The number of aromatic nitrogens is 2. The summed E-state index contributed by atoms with van der Waals surface area (Å²) in [6.45, 7) is 7.00. The fraction of sp³-hybridized carbons (Fsp3) is 0.333. The number of anilines is 1. The van der Waals surface area contributed by atoms with E-state index >= 15 is 0 Å². The van der Waals surface area contributed by atoms with E-state index in [1.165, 1.54) is 6.33 Å². The highest BCUT2D eigenvalue weighted by atomic mass is 16.6. The summed E-state index contributed by atoms with van der Waals surface area (Å²) >= 11 is 0. The van der Waals surface area contributed by atoms with E-state index in [9.17, 15) is 10.1 Å². The quantitative estimate of drug-likeness (QED) is 0.601. The van der Waals surface area contributed by atoms with Crippen LogP contribution in [-0.4, -0.2) is 28.0 Å². The predicted molar refractivity (Wildman–Crippen MR) is 83.5 cm³/mol. The van der Waals surface area contributed by atoms with E-state index in [1.54, 1.807) is 17.0 Å². The highest BCUT2D eigenvalue weighted by Gasteiger charge is 2.27. The van der Waals surface area contributed by atoms with Gasteiger partial charge in [0, 0.05) is 13.1 Å². The number of hydrogen-bond acceptors (Lipinski definition) is 6. The first-order valence-corrected chi connectivity index (χ1v) is 7.05. The van der Waals surface area contributed by atoms with E-state index in [0.29, 0.717) is 18.8 Å². The first-order valence-electron chi connectivity index (χ1n) is 7.05. The molecule has 0 bridgehead atoms. The molecule has 0 saturated carbocycles. The Labute approximate surface area is 128 Å². The van der Waals surface area contributed by atoms with Crippen LogP contribution in [-0.2, 0) is 0 Å². The van der Waals surface area contributed by atoms with Crippen molar-refractivity contribution in [1.82, 2.24) is 9.97 Å². The minimum Gasteiger partial charge on any atom is -0.434 e. The van der Waals surface area contributed by atoms with Crippen molar-refractivity contribution in [2.45, 2.75) is 20.8 Å². The fourth-order valence-electron chi connectivity index (χ4n) is 2.06. The van der Waals surface area contributed by atoms with Gasteiger partial charge in [0.2, 0.25) is 5.82 Å². The molecule has 0 unspecified atom stereocenters. The van der Waals surface area contributed by atoms with Crippen LogP contribution in [0.15, 0.2) is 30.6 Å². The van der Waals surface area contributed by atoms with Crippen LogP contribution in [0, 0.1) is 17.0 Å². The molecule has 0 fully saturated rings. The van der Waals surface area contributed by atoms with Crippen molar-refractivity contribution in [3.05, 3.63) is 46.3 Å². The summed E-state index contributed by atoms with van der Waals surface area (Å²) in [7, 11) is 0. The monoisotopic (exact) mass is 302 g/mol.